The van der Waals surface area contributed by atoms with Crippen LogP contribution in [0.3, 0.4) is 0 Å². The third-order valence-electron chi connectivity index (χ3n) is 4.10. The molecule has 1 unspecified atom stereocenters. The van der Waals surface area contributed by atoms with Crippen LogP contribution in [0, 0.1) is 0 Å². The van der Waals surface area contributed by atoms with Crippen molar-refractivity contribution in [1.82, 2.24) is 10.6 Å². The molecule has 1 aromatic carbocycles. The lowest BCUT2D eigenvalue weighted by molar-refractivity contribution is -0.121. The van der Waals surface area contributed by atoms with E-state index in [1.807, 2.05) is 12.1 Å². The minimum atomic E-state index is 0.0869. The van der Waals surface area contributed by atoms with Gasteiger partial charge in [-0.1, -0.05) is 6.07 Å². The average molecular weight is 322 g/mol. The second-order valence-electron chi connectivity index (χ2n) is 5.59. The number of methoxy groups -OCH3 is 3. The fourth-order valence-electron chi connectivity index (χ4n) is 2.92. The van der Waals surface area contributed by atoms with Crippen LogP contribution in [0.2, 0.25) is 0 Å². The third-order valence-corrected chi connectivity index (χ3v) is 4.10. The molecule has 23 heavy (non-hydrogen) atoms. The van der Waals surface area contributed by atoms with E-state index in [1.165, 1.54) is 0 Å². The summed E-state index contributed by atoms with van der Waals surface area (Å²) in [5, 5.41) is 6.30. The number of amides is 1. The molecule has 128 valence electrons. The first-order valence-corrected chi connectivity index (χ1v) is 7.97. The fraction of sp³-hybridized carbons (Fsp3) is 0.588. The minimum Gasteiger partial charge on any atom is -0.493 e. The highest BCUT2D eigenvalue weighted by Crippen LogP contribution is 2.39. The Morgan fingerprint density at radius 2 is 2.00 bits per heavy atom. The highest BCUT2D eigenvalue weighted by Gasteiger charge is 2.18. The van der Waals surface area contributed by atoms with Gasteiger partial charge in [0.1, 0.15) is 0 Å². The molecule has 6 heteroatoms. The summed E-state index contributed by atoms with van der Waals surface area (Å²) >= 11 is 0. The van der Waals surface area contributed by atoms with Crippen LogP contribution >= 0.6 is 0 Å². The summed E-state index contributed by atoms with van der Waals surface area (Å²) in [6.07, 6.45) is 3.45. The number of ether oxygens (including phenoxy) is 3. The fourth-order valence-corrected chi connectivity index (χ4v) is 2.92. The summed E-state index contributed by atoms with van der Waals surface area (Å²) in [5.41, 5.74) is 0.976. The van der Waals surface area contributed by atoms with Gasteiger partial charge in [0, 0.05) is 24.6 Å². The van der Waals surface area contributed by atoms with E-state index in [0.717, 1.165) is 24.9 Å². The van der Waals surface area contributed by atoms with Crippen molar-refractivity contribution in [3.05, 3.63) is 17.7 Å². The Hall–Kier alpha value is -1.95. The maximum absolute atomic E-state index is 11.9. The molecule has 6 nitrogen and oxygen atoms in total. The van der Waals surface area contributed by atoms with Crippen LogP contribution < -0.4 is 24.8 Å². The monoisotopic (exact) mass is 322 g/mol. The van der Waals surface area contributed by atoms with Gasteiger partial charge in [-0.25, -0.2) is 0 Å². The van der Waals surface area contributed by atoms with E-state index in [2.05, 4.69) is 10.6 Å². The molecule has 1 fully saturated rings. The number of hydrogen-bond acceptors (Lipinski definition) is 5. The number of rotatable bonds is 8. The van der Waals surface area contributed by atoms with Crippen LogP contribution in [-0.2, 0) is 11.2 Å². The topological polar surface area (TPSA) is 68.8 Å². The zero-order valence-electron chi connectivity index (χ0n) is 14.1. The Labute approximate surface area is 137 Å². The van der Waals surface area contributed by atoms with Crippen molar-refractivity contribution in [2.24, 2.45) is 0 Å². The molecule has 0 bridgehead atoms. The van der Waals surface area contributed by atoms with Gasteiger partial charge in [0.05, 0.1) is 21.3 Å². The smallest absolute Gasteiger partial charge is 0.221 e. The summed E-state index contributed by atoms with van der Waals surface area (Å²) in [5.74, 6) is 1.95. The van der Waals surface area contributed by atoms with Gasteiger partial charge in [0.2, 0.25) is 11.7 Å². The molecular formula is C17H26N2O4. The Morgan fingerprint density at radius 3 is 2.61 bits per heavy atom. The van der Waals surface area contributed by atoms with Gasteiger partial charge in [0.25, 0.3) is 0 Å². The van der Waals surface area contributed by atoms with Crippen molar-refractivity contribution in [3.8, 4) is 17.2 Å². The summed E-state index contributed by atoms with van der Waals surface area (Å²) in [7, 11) is 4.78. The van der Waals surface area contributed by atoms with Crippen LogP contribution in [0.1, 0.15) is 24.8 Å². The van der Waals surface area contributed by atoms with E-state index in [4.69, 9.17) is 14.2 Å². The SMILES string of the molecule is COc1ccc(CCNC(=O)CC2CCCN2)c(OC)c1OC. The first-order chi connectivity index (χ1) is 11.2. The van der Waals surface area contributed by atoms with E-state index in [1.54, 1.807) is 21.3 Å². The van der Waals surface area contributed by atoms with Crippen LogP contribution in [0.4, 0.5) is 0 Å². The standard InChI is InChI=1S/C17H26N2O4/c1-21-14-7-6-12(16(22-2)17(14)23-3)8-10-19-15(20)11-13-5-4-9-18-13/h6-7,13,18H,4-5,8-11H2,1-3H3,(H,19,20). The predicted molar refractivity (Wildman–Crippen MR) is 88.5 cm³/mol. The Balaban J connectivity index is 1.90. The van der Waals surface area contributed by atoms with E-state index >= 15 is 0 Å². The molecule has 1 atom stereocenters. The van der Waals surface area contributed by atoms with Crippen LogP contribution in [0.15, 0.2) is 12.1 Å². The molecule has 2 N–H and O–H groups in total. The normalized spacial score (nSPS) is 16.9. The minimum absolute atomic E-state index is 0.0869. The molecule has 0 aromatic heterocycles. The molecular weight excluding hydrogens is 296 g/mol. The van der Waals surface area contributed by atoms with E-state index in [9.17, 15) is 4.79 Å². The first-order valence-electron chi connectivity index (χ1n) is 7.97. The van der Waals surface area contributed by atoms with Crippen molar-refractivity contribution in [3.63, 3.8) is 0 Å². The number of benzene rings is 1. The van der Waals surface area contributed by atoms with E-state index in [-0.39, 0.29) is 5.91 Å². The zero-order valence-corrected chi connectivity index (χ0v) is 14.1. The lowest BCUT2D eigenvalue weighted by Gasteiger charge is -2.16. The van der Waals surface area contributed by atoms with Gasteiger partial charge in [-0.2, -0.15) is 0 Å². The first kappa shape index (κ1) is 17.4. The number of nitrogens with one attached hydrogen (secondary N) is 2. The molecule has 0 aliphatic carbocycles. The number of hydrogen-bond donors (Lipinski definition) is 2. The molecule has 1 amide bonds. The van der Waals surface area contributed by atoms with E-state index in [0.29, 0.717) is 42.7 Å². The van der Waals surface area contributed by atoms with Gasteiger partial charge < -0.3 is 24.8 Å². The third kappa shape index (κ3) is 4.51. The van der Waals surface area contributed by atoms with Crippen molar-refractivity contribution in [1.29, 1.82) is 0 Å². The largest absolute Gasteiger partial charge is 0.493 e. The summed E-state index contributed by atoms with van der Waals surface area (Å²) in [6, 6.07) is 4.11. The molecule has 0 saturated carbocycles. The molecule has 1 heterocycles. The summed E-state index contributed by atoms with van der Waals surface area (Å²) in [6.45, 7) is 1.58. The van der Waals surface area contributed by atoms with Crippen molar-refractivity contribution >= 4 is 5.91 Å². The maximum atomic E-state index is 11.9. The van der Waals surface area contributed by atoms with Crippen LogP contribution in [-0.4, -0.2) is 46.4 Å². The second kappa shape index (κ2) is 8.62. The van der Waals surface area contributed by atoms with Gasteiger partial charge in [-0.3, -0.25) is 4.79 Å². The van der Waals surface area contributed by atoms with Gasteiger partial charge in [-0.05, 0) is 31.9 Å². The van der Waals surface area contributed by atoms with Crippen molar-refractivity contribution in [2.45, 2.75) is 31.7 Å². The van der Waals surface area contributed by atoms with Gasteiger partial charge in [-0.15, -0.1) is 0 Å². The molecule has 1 aliphatic rings. The van der Waals surface area contributed by atoms with Gasteiger partial charge in [0.15, 0.2) is 11.5 Å². The Morgan fingerprint density at radius 1 is 1.22 bits per heavy atom. The molecule has 1 aromatic rings. The summed E-state index contributed by atoms with van der Waals surface area (Å²) < 4.78 is 16.1. The molecule has 0 spiro atoms. The quantitative estimate of drug-likeness (QED) is 0.759. The zero-order chi connectivity index (χ0) is 16.7. The molecule has 1 aliphatic heterocycles. The Kier molecular flexibility index (Phi) is 6.52. The van der Waals surface area contributed by atoms with Crippen LogP contribution in [0.25, 0.3) is 0 Å². The molecule has 1 saturated heterocycles. The second-order valence-corrected chi connectivity index (χ2v) is 5.59. The molecule has 2 rings (SSSR count). The lowest BCUT2D eigenvalue weighted by Crippen LogP contribution is -2.32. The summed E-state index contributed by atoms with van der Waals surface area (Å²) in [4.78, 5) is 11.9. The van der Waals surface area contributed by atoms with Crippen molar-refractivity contribution < 1.29 is 19.0 Å². The number of carbonyl (C=O) groups excluding carboxylic acids is 1. The average Bonchev–Trinajstić information content (AvgIpc) is 3.06. The highest BCUT2D eigenvalue weighted by molar-refractivity contribution is 5.76. The van der Waals surface area contributed by atoms with E-state index < -0.39 is 0 Å². The number of carbonyl (C=O) groups is 1. The lowest BCUT2D eigenvalue weighted by atomic mass is 10.1. The van der Waals surface area contributed by atoms with Gasteiger partial charge >= 0.3 is 0 Å². The molecule has 0 radical (unpaired) electrons. The van der Waals surface area contributed by atoms with Crippen LogP contribution in [0.5, 0.6) is 17.2 Å². The Bertz CT molecular complexity index is 528. The highest BCUT2D eigenvalue weighted by atomic mass is 16.5. The maximum Gasteiger partial charge on any atom is 0.221 e. The predicted octanol–water partition coefficient (Wildman–Crippen LogP) is 1.51. The van der Waals surface area contributed by atoms with Crippen molar-refractivity contribution in [2.75, 3.05) is 34.4 Å².